The standard InChI is InChI=1S/C14H18N2O4/c1-2-3-4-10(14(19)20)11-7-8(12(15)17)5-6-9(11)13(16)18/h5-7,10H,2-4H2,1H3,(H2,15,17)(H2,16,18)(H,19,20). The van der Waals surface area contributed by atoms with Crippen molar-refractivity contribution in [3.8, 4) is 0 Å². The molecule has 0 fully saturated rings. The van der Waals surface area contributed by atoms with Crippen LogP contribution >= 0.6 is 0 Å². The molecule has 1 unspecified atom stereocenters. The molecule has 0 spiro atoms. The normalized spacial score (nSPS) is 11.8. The van der Waals surface area contributed by atoms with Crippen molar-refractivity contribution in [2.45, 2.75) is 32.1 Å². The minimum absolute atomic E-state index is 0.110. The summed E-state index contributed by atoms with van der Waals surface area (Å²) in [7, 11) is 0. The van der Waals surface area contributed by atoms with Crippen molar-refractivity contribution in [3.05, 3.63) is 34.9 Å². The Morgan fingerprint density at radius 3 is 2.30 bits per heavy atom. The third-order valence-electron chi connectivity index (χ3n) is 3.12. The van der Waals surface area contributed by atoms with Gasteiger partial charge in [0.25, 0.3) is 0 Å². The number of carboxylic acids is 1. The maximum absolute atomic E-state index is 11.4. The Balaban J connectivity index is 3.34. The third kappa shape index (κ3) is 3.57. The smallest absolute Gasteiger partial charge is 0.310 e. The van der Waals surface area contributed by atoms with Gasteiger partial charge >= 0.3 is 5.97 Å². The minimum atomic E-state index is -1.05. The molecule has 2 amide bonds. The van der Waals surface area contributed by atoms with Crippen LogP contribution in [0.4, 0.5) is 0 Å². The highest BCUT2D eigenvalue weighted by atomic mass is 16.4. The lowest BCUT2D eigenvalue weighted by Gasteiger charge is -2.16. The number of nitrogens with two attached hydrogens (primary N) is 2. The predicted molar refractivity (Wildman–Crippen MR) is 73.4 cm³/mol. The summed E-state index contributed by atoms with van der Waals surface area (Å²) in [4.78, 5) is 34.0. The molecule has 0 aromatic heterocycles. The van der Waals surface area contributed by atoms with E-state index in [1.807, 2.05) is 6.92 Å². The van der Waals surface area contributed by atoms with E-state index in [4.69, 9.17) is 11.5 Å². The van der Waals surface area contributed by atoms with Gasteiger partial charge in [0.15, 0.2) is 0 Å². The second-order valence-corrected chi connectivity index (χ2v) is 4.56. The molecule has 0 bridgehead atoms. The number of amides is 2. The molecule has 20 heavy (non-hydrogen) atoms. The van der Waals surface area contributed by atoms with Crippen molar-refractivity contribution >= 4 is 17.8 Å². The van der Waals surface area contributed by atoms with Gasteiger partial charge < -0.3 is 16.6 Å². The lowest BCUT2D eigenvalue weighted by molar-refractivity contribution is -0.139. The molecule has 6 heteroatoms. The van der Waals surface area contributed by atoms with Gasteiger partial charge in [-0.3, -0.25) is 14.4 Å². The van der Waals surface area contributed by atoms with Crippen LogP contribution in [0, 0.1) is 0 Å². The largest absolute Gasteiger partial charge is 0.481 e. The predicted octanol–water partition coefficient (Wildman–Crippen LogP) is 1.24. The summed E-state index contributed by atoms with van der Waals surface area (Å²) < 4.78 is 0. The maximum Gasteiger partial charge on any atom is 0.310 e. The number of carbonyl (C=O) groups is 3. The molecule has 1 aromatic rings. The molecular weight excluding hydrogens is 260 g/mol. The summed E-state index contributed by atoms with van der Waals surface area (Å²) in [6.07, 6.45) is 1.88. The van der Waals surface area contributed by atoms with Crippen LogP contribution in [0.2, 0.25) is 0 Å². The zero-order valence-corrected chi connectivity index (χ0v) is 11.3. The molecule has 0 aliphatic heterocycles. The minimum Gasteiger partial charge on any atom is -0.481 e. The van der Waals surface area contributed by atoms with Crippen molar-refractivity contribution in [1.82, 2.24) is 0 Å². The van der Waals surface area contributed by atoms with Crippen LogP contribution in [0.25, 0.3) is 0 Å². The number of unbranched alkanes of at least 4 members (excludes halogenated alkanes) is 1. The second kappa shape index (κ2) is 6.70. The van der Waals surface area contributed by atoms with E-state index in [9.17, 15) is 19.5 Å². The fourth-order valence-corrected chi connectivity index (χ4v) is 2.05. The molecule has 0 saturated heterocycles. The van der Waals surface area contributed by atoms with Crippen LogP contribution in [0.3, 0.4) is 0 Å². The van der Waals surface area contributed by atoms with Crippen molar-refractivity contribution in [2.75, 3.05) is 0 Å². The van der Waals surface area contributed by atoms with E-state index in [1.165, 1.54) is 18.2 Å². The van der Waals surface area contributed by atoms with E-state index in [2.05, 4.69) is 0 Å². The van der Waals surface area contributed by atoms with E-state index in [1.54, 1.807) is 0 Å². The molecule has 108 valence electrons. The lowest BCUT2D eigenvalue weighted by Crippen LogP contribution is -2.21. The molecular formula is C14H18N2O4. The molecule has 0 saturated carbocycles. The highest BCUT2D eigenvalue weighted by molar-refractivity contribution is 5.99. The van der Waals surface area contributed by atoms with Crippen molar-refractivity contribution in [2.24, 2.45) is 11.5 Å². The number of rotatable bonds is 7. The summed E-state index contributed by atoms with van der Waals surface area (Å²) in [6.45, 7) is 1.94. The number of hydrogen-bond acceptors (Lipinski definition) is 3. The van der Waals surface area contributed by atoms with Gasteiger partial charge in [-0.1, -0.05) is 19.8 Å². The Morgan fingerprint density at radius 1 is 1.20 bits per heavy atom. The highest BCUT2D eigenvalue weighted by Crippen LogP contribution is 2.27. The Bertz CT molecular complexity index is 540. The molecule has 6 nitrogen and oxygen atoms in total. The fraction of sp³-hybridized carbons (Fsp3) is 0.357. The number of hydrogen-bond donors (Lipinski definition) is 3. The fourth-order valence-electron chi connectivity index (χ4n) is 2.05. The van der Waals surface area contributed by atoms with Crippen LogP contribution in [0.1, 0.15) is 58.4 Å². The lowest BCUT2D eigenvalue weighted by atomic mass is 9.88. The number of carbonyl (C=O) groups excluding carboxylic acids is 2. The first kappa shape index (κ1) is 15.7. The van der Waals surface area contributed by atoms with Crippen molar-refractivity contribution in [1.29, 1.82) is 0 Å². The molecule has 0 radical (unpaired) electrons. The van der Waals surface area contributed by atoms with Gasteiger partial charge in [0.2, 0.25) is 11.8 Å². The zero-order chi connectivity index (χ0) is 15.3. The van der Waals surface area contributed by atoms with Crippen LogP contribution < -0.4 is 11.5 Å². The Hall–Kier alpha value is -2.37. The third-order valence-corrected chi connectivity index (χ3v) is 3.12. The SMILES string of the molecule is CCCCC(C(=O)O)c1cc(C(N)=O)ccc1C(N)=O. The molecule has 0 heterocycles. The summed E-state index contributed by atoms with van der Waals surface area (Å²) in [5.41, 5.74) is 11.0. The first-order valence-electron chi connectivity index (χ1n) is 6.34. The first-order chi connectivity index (χ1) is 9.38. The van der Waals surface area contributed by atoms with E-state index in [0.717, 1.165) is 6.42 Å². The second-order valence-electron chi connectivity index (χ2n) is 4.56. The van der Waals surface area contributed by atoms with Crippen LogP contribution in [-0.2, 0) is 4.79 Å². The average molecular weight is 278 g/mol. The number of aliphatic carboxylic acids is 1. The van der Waals surface area contributed by atoms with Gasteiger partial charge in [-0.05, 0) is 30.2 Å². The van der Waals surface area contributed by atoms with Crippen LogP contribution in [-0.4, -0.2) is 22.9 Å². The summed E-state index contributed by atoms with van der Waals surface area (Å²) in [6, 6.07) is 4.06. The maximum atomic E-state index is 11.4. The molecule has 5 N–H and O–H groups in total. The average Bonchev–Trinajstić information content (AvgIpc) is 2.38. The number of primary amides is 2. The quantitative estimate of drug-likeness (QED) is 0.694. The zero-order valence-electron chi connectivity index (χ0n) is 11.3. The van der Waals surface area contributed by atoms with Gasteiger partial charge in [-0.15, -0.1) is 0 Å². The van der Waals surface area contributed by atoms with Gasteiger partial charge in [0.05, 0.1) is 5.92 Å². The van der Waals surface area contributed by atoms with Crippen molar-refractivity contribution in [3.63, 3.8) is 0 Å². The molecule has 0 aliphatic rings. The van der Waals surface area contributed by atoms with Gasteiger partial charge in [0, 0.05) is 11.1 Å². The summed E-state index contributed by atoms with van der Waals surface area (Å²) in [5.74, 6) is -3.33. The van der Waals surface area contributed by atoms with Gasteiger partial charge in [-0.2, -0.15) is 0 Å². The molecule has 1 aromatic carbocycles. The molecule has 1 atom stereocenters. The van der Waals surface area contributed by atoms with E-state index in [0.29, 0.717) is 12.8 Å². The van der Waals surface area contributed by atoms with Crippen molar-refractivity contribution < 1.29 is 19.5 Å². The highest BCUT2D eigenvalue weighted by Gasteiger charge is 2.25. The topological polar surface area (TPSA) is 123 Å². The monoisotopic (exact) mass is 278 g/mol. The summed E-state index contributed by atoms with van der Waals surface area (Å²) in [5, 5.41) is 9.32. The number of carboxylic acid groups (broad SMARTS) is 1. The Labute approximate surface area is 116 Å². The van der Waals surface area contributed by atoms with Gasteiger partial charge in [0.1, 0.15) is 0 Å². The first-order valence-corrected chi connectivity index (χ1v) is 6.34. The van der Waals surface area contributed by atoms with Crippen LogP contribution in [0.15, 0.2) is 18.2 Å². The van der Waals surface area contributed by atoms with E-state index >= 15 is 0 Å². The van der Waals surface area contributed by atoms with E-state index in [-0.39, 0.29) is 16.7 Å². The number of benzene rings is 1. The van der Waals surface area contributed by atoms with Crippen LogP contribution in [0.5, 0.6) is 0 Å². The molecule has 0 aliphatic carbocycles. The van der Waals surface area contributed by atoms with E-state index < -0.39 is 23.7 Å². The Kier molecular flexibility index (Phi) is 5.25. The molecule has 1 rings (SSSR count). The Morgan fingerprint density at radius 2 is 1.85 bits per heavy atom. The van der Waals surface area contributed by atoms with Gasteiger partial charge in [-0.25, -0.2) is 0 Å². The summed E-state index contributed by atoms with van der Waals surface area (Å²) >= 11 is 0.